The Balaban J connectivity index is 1.63. The van der Waals surface area contributed by atoms with Crippen molar-refractivity contribution in [3.8, 4) is 11.5 Å². The van der Waals surface area contributed by atoms with Crippen molar-refractivity contribution in [3.63, 3.8) is 0 Å². The van der Waals surface area contributed by atoms with Crippen LogP contribution in [0, 0.1) is 0 Å². The van der Waals surface area contributed by atoms with Crippen LogP contribution >= 0.6 is 11.3 Å². The van der Waals surface area contributed by atoms with Gasteiger partial charge in [0.1, 0.15) is 11.5 Å². The molecule has 27 heavy (non-hydrogen) atoms. The summed E-state index contributed by atoms with van der Waals surface area (Å²) in [5, 5.41) is 2.04. The minimum atomic E-state index is 0.0176. The fourth-order valence-corrected chi connectivity index (χ4v) is 4.05. The minimum absolute atomic E-state index is 0.0176. The van der Waals surface area contributed by atoms with Gasteiger partial charge in [-0.1, -0.05) is 24.3 Å². The van der Waals surface area contributed by atoms with Crippen molar-refractivity contribution in [2.24, 2.45) is 0 Å². The molecule has 0 saturated carbocycles. The lowest BCUT2D eigenvalue weighted by atomic mass is 10.1. The summed E-state index contributed by atoms with van der Waals surface area (Å²) in [5.41, 5.74) is 2.80. The van der Waals surface area contributed by atoms with E-state index in [1.165, 1.54) is 0 Å². The first-order valence-electron chi connectivity index (χ1n) is 8.94. The number of methoxy groups -OCH3 is 1. The van der Waals surface area contributed by atoms with Crippen LogP contribution in [0.5, 0.6) is 11.5 Å². The third kappa shape index (κ3) is 3.83. The van der Waals surface area contributed by atoms with Crippen LogP contribution in [0.15, 0.2) is 60.0 Å². The summed E-state index contributed by atoms with van der Waals surface area (Å²) < 4.78 is 11.0. The number of carbonyl (C=O) groups is 1. The number of amides is 1. The van der Waals surface area contributed by atoms with Crippen LogP contribution in [-0.4, -0.2) is 24.5 Å². The Kier molecular flexibility index (Phi) is 5.12. The van der Waals surface area contributed by atoms with Crippen LogP contribution in [0.3, 0.4) is 0 Å². The predicted molar refractivity (Wildman–Crippen MR) is 107 cm³/mol. The maximum Gasteiger partial charge on any atom is 0.254 e. The zero-order valence-electron chi connectivity index (χ0n) is 15.2. The quantitative estimate of drug-likeness (QED) is 0.631. The lowest BCUT2D eigenvalue weighted by Crippen LogP contribution is -2.30. The summed E-state index contributed by atoms with van der Waals surface area (Å²) in [5.74, 6) is 1.70. The summed E-state index contributed by atoms with van der Waals surface area (Å²) in [6, 6.07) is 17.6. The Morgan fingerprint density at radius 3 is 2.85 bits per heavy atom. The van der Waals surface area contributed by atoms with E-state index >= 15 is 0 Å². The van der Waals surface area contributed by atoms with Gasteiger partial charge in [0.15, 0.2) is 0 Å². The van der Waals surface area contributed by atoms with Gasteiger partial charge in [-0.15, -0.1) is 11.3 Å². The first-order valence-corrected chi connectivity index (χ1v) is 9.82. The van der Waals surface area contributed by atoms with Crippen molar-refractivity contribution >= 4 is 17.2 Å². The number of fused-ring (bicyclic) bond motifs is 1. The molecule has 1 aliphatic heterocycles. The molecule has 0 fully saturated rings. The number of ether oxygens (including phenoxy) is 2. The highest BCUT2D eigenvalue weighted by Crippen LogP contribution is 2.28. The predicted octanol–water partition coefficient (Wildman–Crippen LogP) is 4.53. The largest absolute Gasteiger partial charge is 0.496 e. The van der Waals surface area contributed by atoms with E-state index in [0.717, 1.165) is 33.9 Å². The number of carbonyl (C=O) groups excluding carboxylic acids is 1. The summed E-state index contributed by atoms with van der Waals surface area (Å²) in [6.45, 7) is 1.75. The van der Waals surface area contributed by atoms with E-state index in [0.29, 0.717) is 25.3 Å². The summed E-state index contributed by atoms with van der Waals surface area (Å²) in [7, 11) is 1.66. The number of rotatable bonds is 6. The Bertz CT molecular complexity index is 936. The molecule has 3 aromatic rings. The highest BCUT2D eigenvalue weighted by atomic mass is 32.1. The van der Waals surface area contributed by atoms with Gasteiger partial charge in [-0.3, -0.25) is 4.79 Å². The van der Waals surface area contributed by atoms with Crippen LogP contribution in [0.4, 0.5) is 0 Å². The van der Waals surface area contributed by atoms with Crippen LogP contribution in [0.2, 0.25) is 0 Å². The fourth-order valence-electron chi connectivity index (χ4n) is 3.33. The molecule has 138 valence electrons. The first-order chi connectivity index (χ1) is 13.2. The number of hydrogen-bond donors (Lipinski definition) is 0. The third-order valence-electron chi connectivity index (χ3n) is 4.70. The van der Waals surface area contributed by atoms with Crippen molar-refractivity contribution in [3.05, 3.63) is 81.5 Å². The monoisotopic (exact) mass is 379 g/mol. The van der Waals surface area contributed by atoms with E-state index in [2.05, 4.69) is 6.07 Å². The van der Waals surface area contributed by atoms with Gasteiger partial charge in [-0.05, 0) is 41.3 Å². The van der Waals surface area contributed by atoms with Crippen molar-refractivity contribution in [2.75, 3.05) is 13.7 Å². The smallest absolute Gasteiger partial charge is 0.254 e. The van der Waals surface area contributed by atoms with Gasteiger partial charge in [0, 0.05) is 22.4 Å². The summed E-state index contributed by atoms with van der Waals surface area (Å²) >= 11 is 1.66. The van der Waals surface area contributed by atoms with E-state index in [1.54, 1.807) is 18.4 Å². The van der Waals surface area contributed by atoms with E-state index in [1.807, 2.05) is 58.8 Å². The molecule has 0 radical (unpaired) electrons. The highest BCUT2D eigenvalue weighted by Gasteiger charge is 2.21. The molecular formula is C22H21NO3S. The van der Waals surface area contributed by atoms with Crippen molar-refractivity contribution in [1.29, 1.82) is 0 Å². The molecule has 1 aromatic heterocycles. The first kappa shape index (κ1) is 17.6. The average molecular weight is 379 g/mol. The molecule has 0 unspecified atom stereocenters. The molecule has 0 bridgehead atoms. The van der Waals surface area contributed by atoms with Gasteiger partial charge in [0.2, 0.25) is 0 Å². The number of hydrogen-bond acceptors (Lipinski definition) is 4. The van der Waals surface area contributed by atoms with E-state index in [9.17, 15) is 4.79 Å². The zero-order valence-corrected chi connectivity index (χ0v) is 16.0. The lowest BCUT2D eigenvalue weighted by Gasteiger charge is -2.23. The van der Waals surface area contributed by atoms with Gasteiger partial charge < -0.3 is 14.4 Å². The van der Waals surface area contributed by atoms with Crippen LogP contribution in [0.25, 0.3) is 0 Å². The second-order valence-electron chi connectivity index (χ2n) is 6.47. The molecule has 0 N–H and O–H groups in total. The number of para-hydroxylation sites is 1. The molecule has 0 saturated heterocycles. The summed E-state index contributed by atoms with van der Waals surface area (Å²) in [6.07, 6.45) is 0.855. The topological polar surface area (TPSA) is 38.8 Å². The number of benzene rings is 2. The van der Waals surface area contributed by atoms with E-state index < -0.39 is 0 Å². The summed E-state index contributed by atoms with van der Waals surface area (Å²) in [4.78, 5) is 16.4. The molecule has 1 amide bonds. The van der Waals surface area contributed by atoms with Gasteiger partial charge in [0.25, 0.3) is 5.91 Å². The molecule has 5 heteroatoms. The molecule has 0 aliphatic carbocycles. The number of nitrogens with zero attached hydrogens (tertiary/aromatic N) is 1. The Morgan fingerprint density at radius 1 is 1.15 bits per heavy atom. The Hall–Kier alpha value is -2.79. The van der Waals surface area contributed by atoms with Crippen LogP contribution in [0.1, 0.15) is 26.4 Å². The third-order valence-corrected chi connectivity index (χ3v) is 5.57. The second kappa shape index (κ2) is 7.84. The average Bonchev–Trinajstić information content (AvgIpc) is 3.38. The van der Waals surface area contributed by atoms with Crippen molar-refractivity contribution < 1.29 is 14.3 Å². The Morgan fingerprint density at radius 2 is 2.04 bits per heavy atom. The maximum atomic E-state index is 13.3. The van der Waals surface area contributed by atoms with Crippen LogP contribution < -0.4 is 9.47 Å². The standard InChI is InChI=1S/C22H21NO3S/c1-25-20-7-3-2-5-18(20)14-23(15-19-6-4-12-27-19)22(24)17-8-9-21-16(13-17)10-11-26-21/h2-9,12-13H,10-11,14-15H2,1H3. The molecule has 2 heterocycles. The molecular weight excluding hydrogens is 358 g/mol. The Labute approximate surface area is 163 Å². The lowest BCUT2D eigenvalue weighted by molar-refractivity contribution is 0.0730. The van der Waals surface area contributed by atoms with Crippen molar-refractivity contribution in [1.82, 2.24) is 4.90 Å². The molecule has 2 aromatic carbocycles. The fraction of sp³-hybridized carbons (Fsp3) is 0.227. The second-order valence-corrected chi connectivity index (χ2v) is 7.51. The highest BCUT2D eigenvalue weighted by molar-refractivity contribution is 7.09. The minimum Gasteiger partial charge on any atom is -0.496 e. The van der Waals surface area contributed by atoms with Gasteiger partial charge in [0.05, 0.1) is 26.8 Å². The van der Waals surface area contributed by atoms with Crippen LogP contribution in [-0.2, 0) is 19.5 Å². The van der Waals surface area contributed by atoms with Gasteiger partial charge in [-0.25, -0.2) is 0 Å². The molecule has 1 aliphatic rings. The molecule has 4 nitrogen and oxygen atoms in total. The zero-order chi connectivity index (χ0) is 18.6. The van der Waals surface area contributed by atoms with E-state index in [-0.39, 0.29) is 5.91 Å². The van der Waals surface area contributed by atoms with E-state index in [4.69, 9.17) is 9.47 Å². The molecule has 0 atom stereocenters. The number of thiophene rings is 1. The normalized spacial score (nSPS) is 12.3. The van der Waals surface area contributed by atoms with Crippen molar-refractivity contribution in [2.45, 2.75) is 19.5 Å². The molecule has 4 rings (SSSR count). The maximum absolute atomic E-state index is 13.3. The molecule has 0 spiro atoms. The van der Waals surface area contributed by atoms with Gasteiger partial charge in [-0.2, -0.15) is 0 Å². The van der Waals surface area contributed by atoms with Gasteiger partial charge >= 0.3 is 0 Å². The SMILES string of the molecule is COc1ccccc1CN(Cc1cccs1)C(=O)c1ccc2c(c1)CCO2.